The van der Waals surface area contributed by atoms with Gasteiger partial charge in [-0.05, 0) is 93.6 Å². The molecule has 7 heteroatoms. The number of aliphatic carboxylic acids is 1. The van der Waals surface area contributed by atoms with Crippen LogP contribution in [-0.4, -0.2) is 28.0 Å². The third-order valence-electron chi connectivity index (χ3n) is 3.23. The van der Waals surface area contributed by atoms with Crippen molar-refractivity contribution in [3.63, 3.8) is 0 Å². The highest BCUT2D eigenvalue weighted by atomic mass is 127. The van der Waals surface area contributed by atoms with Crippen LogP contribution in [0.15, 0.2) is 36.4 Å². The van der Waals surface area contributed by atoms with Crippen LogP contribution in [0.2, 0.25) is 0 Å². The smallest absolute Gasteiger partial charge is 0.320 e. The van der Waals surface area contributed by atoms with E-state index in [9.17, 15) is 14.7 Å². The van der Waals surface area contributed by atoms with Crippen LogP contribution >= 0.6 is 45.2 Å². The Kier molecular flexibility index (Phi) is 5.98. The molecule has 2 aromatic carbocycles. The number of halogens is 2. The molecule has 0 aliphatic carbocycles. The first-order chi connectivity index (χ1) is 10.8. The van der Waals surface area contributed by atoms with Crippen LogP contribution in [0.4, 0.5) is 0 Å². The summed E-state index contributed by atoms with van der Waals surface area (Å²) in [5.74, 6) is -1.10. The maximum absolute atomic E-state index is 12.6. The fraction of sp³-hybridized carbons (Fsp3) is 0.125. The van der Waals surface area contributed by atoms with Gasteiger partial charge in [0.2, 0.25) is 0 Å². The second kappa shape index (κ2) is 7.58. The largest absolute Gasteiger partial charge is 0.508 e. The van der Waals surface area contributed by atoms with Gasteiger partial charge in [-0.2, -0.15) is 0 Å². The summed E-state index contributed by atoms with van der Waals surface area (Å²) < 4.78 is 1.47. The molecule has 2 aromatic rings. The maximum Gasteiger partial charge on any atom is 0.320 e. The summed E-state index contributed by atoms with van der Waals surface area (Å²) in [5, 5.41) is 18.2. The molecular formula is C16H13I2NO4. The molecule has 0 aromatic heterocycles. The first kappa shape index (κ1) is 18.1. The van der Waals surface area contributed by atoms with Gasteiger partial charge in [-0.25, -0.2) is 0 Å². The standard InChI is InChI=1S/C16H13I2NO4/c17-11-5-8(7-13(19)16(22)23)6-12(18)14(11)15(21)9-1-3-10(20)4-2-9/h1-6,13,20H,7,19H2,(H,22,23)/t13-/m0/s1. The zero-order chi connectivity index (χ0) is 17.1. The van der Waals surface area contributed by atoms with E-state index in [4.69, 9.17) is 10.8 Å². The minimum atomic E-state index is -1.06. The fourth-order valence-electron chi connectivity index (χ4n) is 2.06. The van der Waals surface area contributed by atoms with Crippen molar-refractivity contribution in [2.45, 2.75) is 12.5 Å². The maximum atomic E-state index is 12.6. The Bertz CT molecular complexity index is 736. The summed E-state index contributed by atoms with van der Waals surface area (Å²) in [5.41, 5.74) is 7.37. The predicted octanol–water partition coefficient (Wildman–Crippen LogP) is 2.79. The Morgan fingerprint density at radius 3 is 2.09 bits per heavy atom. The normalized spacial score (nSPS) is 12.0. The molecule has 1 atom stereocenters. The van der Waals surface area contributed by atoms with E-state index in [2.05, 4.69) is 45.2 Å². The quantitative estimate of drug-likeness (QED) is 0.403. The lowest BCUT2D eigenvalue weighted by Gasteiger charge is -2.12. The van der Waals surface area contributed by atoms with Gasteiger partial charge in [-0.1, -0.05) is 0 Å². The Morgan fingerprint density at radius 1 is 1.09 bits per heavy atom. The highest BCUT2D eigenvalue weighted by molar-refractivity contribution is 14.1. The molecule has 0 amide bonds. The molecule has 4 N–H and O–H groups in total. The van der Waals surface area contributed by atoms with Crippen molar-refractivity contribution in [1.82, 2.24) is 0 Å². The van der Waals surface area contributed by atoms with E-state index in [1.807, 2.05) is 0 Å². The van der Waals surface area contributed by atoms with Crippen molar-refractivity contribution in [2.75, 3.05) is 0 Å². The number of phenolic OH excluding ortho intramolecular Hbond substituents is 1. The minimum Gasteiger partial charge on any atom is -0.508 e. The van der Waals surface area contributed by atoms with Gasteiger partial charge >= 0.3 is 5.97 Å². The van der Waals surface area contributed by atoms with Gasteiger partial charge in [0, 0.05) is 18.3 Å². The van der Waals surface area contributed by atoms with Crippen LogP contribution < -0.4 is 5.73 Å². The predicted molar refractivity (Wildman–Crippen MR) is 103 cm³/mol. The van der Waals surface area contributed by atoms with E-state index in [1.165, 1.54) is 12.1 Å². The van der Waals surface area contributed by atoms with Crippen molar-refractivity contribution >= 4 is 56.9 Å². The van der Waals surface area contributed by atoms with Crippen LogP contribution in [-0.2, 0) is 11.2 Å². The summed E-state index contributed by atoms with van der Waals surface area (Å²) in [6, 6.07) is 8.65. The van der Waals surface area contributed by atoms with Gasteiger partial charge in [-0.3, -0.25) is 9.59 Å². The molecule has 0 saturated carbocycles. The van der Waals surface area contributed by atoms with Gasteiger partial charge < -0.3 is 15.9 Å². The molecule has 0 radical (unpaired) electrons. The Labute approximate surface area is 160 Å². The number of carbonyl (C=O) groups excluding carboxylic acids is 1. The number of carboxylic acids is 1. The molecule has 0 fully saturated rings. The zero-order valence-corrected chi connectivity index (χ0v) is 16.1. The van der Waals surface area contributed by atoms with E-state index in [-0.39, 0.29) is 18.0 Å². The first-order valence-electron chi connectivity index (χ1n) is 6.59. The van der Waals surface area contributed by atoms with E-state index in [1.54, 1.807) is 24.3 Å². The van der Waals surface area contributed by atoms with Crippen LogP contribution in [0.3, 0.4) is 0 Å². The number of aromatic hydroxyl groups is 1. The van der Waals surface area contributed by atoms with E-state index < -0.39 is 12.0 Å². The molecule has 23 heavy (non-hydrogen) atoms. The lowest BCUT2D eigenvalue weighted by molar-refractivity contribution is -0.138. The summed E-state index contributed by atoms with van der Waals surface area (Å²) in [4.78, 5) is 23.5. The minimum absolute atomic E-state index is 0.101. The van der Waals surface area contributed by atoms with Gasteiger partial charge in [0.05, 0.1) is 0 Å². The SMILES string of the molecule is N[C@@H](Cc1cc(I)c(C(=O)c2ccc(O)cc2)c(I)c1)C(=O)O. The Hall–Kier alpha value is -1.20. The van der Waals surface area contributed by atoms with Crippen LogP contribution in [0.5, 0.6) is 5.75 Å². The van der Waals surface area contributed by atoms with Crippen molar-refractivity contribution < 1.29 is 19.8 Å². The molecule has 5 nitrogen and oxygen atoms in total. The van der Waals surface area contributed by atoms with E-state index in [0.29, 0.717) is 11.1 Å². The average molecular weight is 537 g/mol. The number of rotatable bonds is 5. The Balaban J connectivity index is 2.35. The second-order valence-corrected chi connectivity index (χ2v) is 7.28. The third-order valence-corrected chi connectivity index (χ3v) is 4.93. The highest BCUT2D eigenvalue weighted by Crippen LogP contribution is 2.25. The zero-order valence-electron chi connectivity index (χ0n) is 11.8. The van der Waals surface area contributed by atoms with E-state index >= 15 is 0 Å². The van der Waals surface area contributed by atoms with Crippen molar-refractivity contribution in [1.29, 1.82) is 0 Å². The van der Waals surface area contributed by atoms with Crippen molar-refractivity contribution in [3.8, 4) is 5.75 Å². The highest BCUT2D eigenvalue weighted by Gasteiger charge is 2.19. The topological polar surface area (TPSA) is 101 Å². The van der Waals surface area contributed by atoms with Gasteiger partial charge in [0.25, 0.3) is 0 Å². The molecule has 0 bridgehead atoms. The van der Waals surface area contributed by atoms with Crippen molar-refractivity contribution in [3.05, 3.63) is 60.2 Å². The Morgan fingerprint density at radius 2 is 1.61 bits per heavy atom. The first-order valence-corrected chi connectivity index (χ1v) is 8.75. The summed E-state index contributed by atoms with van der Waals surface area (Å²) in [6.07, 6.45) is 0.203. The molecular weight excluding hydrogens is 524 g/mol. The average Bonchev–Trinajstić information content (AvgIpc) is 2.46. The van der Waals surface area contributed by atoms with Crippen molar-refractivity contribution in [2.24, 2.45) is 5.73 Å². The molecule has 0 saturated heterocycles. The molecule has 0 heterocycles. The number of phenols is 1. The number of carbonyl (C=O) groups is 2. The molecule has 0 unspecified atom stereocenters. The number of ketones is 1. The molecule has 0 aliphatic rings. The summed E-state index contributed by atoms with van der Waals surface area (Å²) >= 11 is 4.12. The molecule has 120 valence electrons. The summed E-state index contributed by atoms with van der Waals surface area (Å²) in [7, 11) is 0. The number of nitrogens with two attached hydrogens (primary N) is 1. The number of benzene rings is 2. The lowest BCUT2D eigenvalue weighted by Crippen LogP contribution is -2.32. The molecule has 0 spiro atoms. The number of carboxylic acid groups (broad SMARTS) is 1. The molecule has 2 rings (SSSR count). The summed E-state index contributed by atoms with van der Waals surface area (Å²) in [6.45, 7) is 0. The van der Waals surface area contributed by atoms with Gasteiger partial charge in [0.1, 0.15) is 11.8 Å². The van der Waals surface area contributed by atoms with Gasteiger partial charge in [0.15, 0.2) is 5.78 Å². The van der Waals surface area contributed by atoms with Gasteiger partial charge in [-0.15, -0.1) is 0 Å². The number of hydrogen-bond donors (Lipinski definition) is 3. The fourth-order valence-corrected chi connectivity index (χ4v) is 4.45. The van der Waals surface area contributed by atoms with Crippen LogP contribution in [0.25, 0.3) is 0 Å². The monoisotopic (exact) mass is 537 g/mol. The van der Waals surface area contributed by atoms with Crippen LogP contribution in [0.1, 0.15) is 21.5 Å². The third kappa shape index (κ3) is 4.42. The molecule has 0 aliphatic heterocycles. The second-order valence-electron chi connectivity index (χ2n) is 4.96. The van der Waals surface area contributed by atoms with E-state index in [0.717, 1.165) is 12.7 Å². The number of hydrogen-bond acceptors (Lipinski definition) is 4. The lowest BCUT2D eigenvalue weighted by atomic mass is 9.99. The van der Waals surface area contributed by atoms with Crippen LogP contribution in [0, 0.1) is 7.14 Å².